The Morgan fingerprint density at radius 3 is 2.68 bits per heavy atom. The van der Waals surface area contributed by atoms with Gasteiger partial charge < -0.3 is 14.5 Å². The fraction of sp³-hybridized carbons (Fsp3) is 0.412. The normalized spacial score (nSPS) is 10.5. The molecule has 5 heteroatoms. The molecule has 0 unspecified atom stereocenters. The van der Waals surface area contributed by atoms with Gasteiger partial charge in [0, 0.05) is 24.9 Å². The van der Waals surface area contributed by atoms with E-state index in [-0.39, 0.29) is 5.91 Å². The summed E-state index contributed by atoms with van der Waals surface area (Å²) < 4.78 is 10.9. The maximum absolute atomic E-state index is 11.4. The zero-order valence-corrected chi connectivity index (χ0v) is 13.3. The summed E-state index contributed by atoms with van der Waals surface area (Å²) in [7, 11) is 1.63. The molecule has 0 aliphatic rings. The number of carbonyl (C=O) groups excluding carboxylic acids is 1. The number of ether oxygens (including phenoxy) is 1. The van der Waals surface area contributed by atoms with Crippen LogP contribution in [0.4, 0.5) is 0 Å². The minimum atomic E-state index is 0.0824. The fourth-order valence-electron chi connectivity index (χ4n) is 2.15. The van der Waals surface area contributed by atoms with Crippen LogP contribution in [0.25, 0.3) is 11.5 Å². The van der Waals surface area contributed by atoms with Crippen LogP contribution in [0.1, 0.15) is 31.2 Å². The molecule has 0 spiro atoms. The Bertz CT molecular complexity index is 617. The fourth-order valence-corrected chi connectivity index (χ4v) is 2.15. The zero-order valence-electron chi connectivity index (χ0n) is 13.3. The molecule has 1 aromatic heterocycles. The van der Waals surface area contributed by atoms with Crippen molar-refractivity contribution in [1.82, 2.24) is 10.3 Å². The van der Waals surface area contributed by atoms with Crippen molar-refractivity contribution in [2.75, 3.05) is 13.7 Å². The standard InChI is InChI=1S/C17H22N2O3/c1-4-5-16(20)18-11-10-15-12(2)22-17(19-15)13-6-8-14(21-3)9-7-13/h6-9H,4-5,10-11H2,1-3H3,(H,18,20). The van der Waals surface area contributed by atoms with Crippen LogP contribution in [0.15, 0.2) is 28.7 Å². The van der Waals surface area contributed by atoms with Gasteiger partial charge in [-0.2, -0.15) is 0 Å². The lowest BCUT2D eigenvalue weighted by Crippen LogP contribution is -2.25. The third-order valence-corrected chi connectivity index (χ3v) is 3.39. The Kier molecular flexibility index (Phi) is 5.58. The van der Waals surface area contributed by atoms with Crippen LogP contribution in [0, 0.1) is 6.92 Å². The SMILES string of the molecule is CCCC(=O)NCCc1nc(-c2ccc(OC)cc2)oc1C. The molecular weight excluding hydrogens is 280 g/mol. The van der Waals surface area contributed by atoms with E-state index in [1.807, 2.05) is 38.1 Å². The van der Waals surface area contributed by atoms with E-state index in [4.69, 9.17) is 9.15 Å². The van der Waals surface area contributed by atoms with Crippen LogP contribution in [-0.4, -0.2) is 24.5 Å². The van der Waals surface area contributed by atoms with Crippen molar-refractivity contribution in [3.8, 4) is 17.2 Å². The van der Waals surface area contributed by atoms with Gasteiger partial charge in [-0.25, -0.2) is 4.98 Å². The van der Waals surface area contributed by atoms with E-state index in [0.717, 1.165) is 29.2 Å². The Morgan fingerprint density at radius 2 is 2.05 bits per heavy atom. The third kappa shape index (κ3) is 4.10. The highest BCUT2D eigenvalue weighted by atomic mass is 16.5. The number of benzene rings is 1. The maximum Gasteiger partial charge on any atom is 0.226 e. The van der Waals surface area contributed by atoms with Gasteiger partial charge in [-0.15, -0.1) is 0 Å². The first kappa shape index (κ1) is 16.1. The molecule has 2 rings (SSSR count). The Balaban J connectivity index is 1.99. The summed E-state index contributed by atoms with van der Waals surface area (Å²) in [5, 5.41) is 2.89. The van der Waals surface area contributed by atoms with Crippen LogP contribution in [0.2, 0.25) is 0 Å². The molecule has 2 aromatic rings. The summed E-state index contributed by atoms with van der Waals surface area (Å²) in [6, 6.07) is 7.58. The first-order chi connectivity index (χ1) is 10.6. The third-order valence-electron chi connectivity index (χ3n) is 3.39. The summed E-state index contributed by atoms with van der Waals surface area (Å²) in [6.45, 7) is 4.46. The summed E-state index contributed by atoms with van der Waals surface area (Å²) in [6.07, 6.45) is 2.09. The molecule has 22 heavy (non-hydrogen) atoms. The van der Waals surface area contributed by atoms with Crippen molar-refractivity contribution in [2.45, 2.75) is 33.1 Å². The van der Waals surface area contributed by atoms with E-state index in [1.54, 1.807) is 7.11 Å². The maximum atomic E-state index is 11.4. The van der Waals surface area contributed by atoms with Gasteiger partial charge in [-0.05, 0) is 37.6 Å². The topological polar surface area (TPSA) is 64.4 Å². The van der Waals surface area contributed by atoms with Crippen LogP contribution in [0.3, 0.4) is 0 Å². The molecule has 0 atom stereocenters. The minimum Gasteiger partial charge on any atom is -0.497 e. The van der Waals surface area contributed by atoms with Gasteiger partial charge in [-0.3, -0.25) is 4.79 Å². The number of rotatable bonds is 7. The smallest absolute Gasteiger partial charge is 0.226 e. The number of amides is 1. The lowest BCUT2D eigenvalue weighted by Gasteiger charge is -2.02. The van der Waals surface area contributed by atoms with Gasteiger partial charge in [0.05, 0.1) is 12.8 Å². The summed E-state index contributed by atoms with van der Waals surface area (Å²) >= 11 is 0. The number of hydrogen-bond donors (Lipinski definition) is 1. The van der Waals surface area contributed by atoms with Gasteiger partial charge in [-0.1, -0.05) is 6.92 Å². The number of methoxy groups -OCH3 is 1. The van der Waals surface area contributed by atoms with Gasteiger partial charge in [0.1, 0.15) is 11.5 Å². The van der Waals surface area contributed by atoms with E-state index in [1.165, 1.54) is 0 Å². The molecule has 0 aliphatic heterocycles. The van der Waals surface area contributed by atoms with Gasteiger partial charge in [0.15, 0.2) is 0 Å². The molecule has 0 aliphatic carbocycles. The van der Waals surface area contributed by atoms with Crippen LogP contribution < -0.4 is 10.1 Å². The van der Waals surface area contributed by atoms with Gasteiger partial charge in [0.2, 0.25) is 11.8 Å². The lowest BCUT2D eigenvalue weighted by molar-refractivity contribution is -0.121. The number of carbonyl (C=O) groups is 1. The average molecular weight is 302 g/mol. The van der Waals surface area contributed by atoms with Crippen molar-refractivity contribution < 1.29 is 13.9 Å². The number of aromatic nitrogens is 1. The van der Waals surface area contributed by atoms with Crippen molar-refractivity contribution in [1.29, 1.82) is 0 Å². The summed E-state index contributed by atoms with van der Waals surface area (Å²) in [5.74, 6) is 2.26. The van der Waals surface area contributed by atoms with Crippen molar-refractivity contribution in [3.05, 3.63) is 35.7 Å². The van der Waals surface area contributed by atoms with Gasteiger partial charge >= 0.3 is 0 Å². The second-order valence-corrected chi connectivity index (χ2v) is 5.10. The van der Waals surface area contributed by atoms with Gasteiger partial charge in [0.25, 0.3) is 0 Å². The molecule has 1 amide bonds. The monoisotopic (exact) mass is 302 g/mol. The zero-order chi connectivity index (χ0) is 15.9. The second kappa shape index (κ2) is 7.64. The van der Waals surface area contributed by atoms with E-state index < -0.39 is 0 Å². The molecule has 0 bridgehead atoms. The molecule has 1 heterocycles. The molecule has 1 aromatic carbocycles. The number of aryl methyl sites for hydroxylation is 1. The van der Waals surface area contributed by atoms with Crippen LogP contribution in [-0.2, 0) is 11.2 Å². The van der Waals surface area contributed by atoms with Crippen molar-refractivity contribution in [2.24, 2.45) is 0 Å². The molecule has 5 nitrogen and oxygen atoms in total. The predicted molar refractivity (Wildman–Crippen MR) is 84.8 cm³/mol. The Morgan fingerprint density at radius 1 is 1.32 bits per heavy atom. The van der Waals surface area contributed by atoms with Crippen LogP contribution in [0.5, 0.6) is 5.75 Å². The Labute approximate surface area is 130 Å². The largest absolute Gasteiger partial charge is 0.497 e. The lowest BCUT2D eigenvalue weighted by atomic mass is 10.2. The summed E-state index contributed by atoms with van der Waals surface area (Å²) in [5.41, 5.74) is 1.78. The second-order valence-electron chi connectivity index (χ2n) is 5.10. The Hall–Kier alpha value is -2.30. The predicted octanol–water partition coefficient (Wildman–Crippen LogP) is 3.12. The number of hydrogen-bond acceptors (Lipinski definition) is 4. The molecular formula is C17H22N2O3. The number of nitrogens with one attached hydrogen (secondary N) is 1. The van der Waals surface area contributed by atoms with E-state index >= 15 is 0 Å². The molecule has 1 N–H and O–H groups in total. The highest BCUT2D eigenvalue weighted by Crippen LogP contribution is 2.24. The van der Waals surface area contributed by atoms with Crippen molar-refractivity contribution >= 4 is 5.91 Å². The van der Waals surface area contributed by atoms with E-state index in [9.17, 15) is 4.79 Å². The quantitative estimate of drug-likeness (QED) is 0.853. The molecule has 118 valence electrons. The van der Waals surface area contributed by atoms with E-state index in [2.05, 4.69) is 10.3 Å². The number of oxazole rings is 1. The first-order valence-electron chi connectivity index (χ1n) is 7.51. The molecule has 0 fully saturated rings. The first-order valence-corrected chi connectivity index (χ1v) is 7.51. The highest BCUT2D eigenvalue weighted by molar-refractivity contribution is 5.75. The average Bonchev–Trinajstić information content (AvgIpc) is 2.89. The summed E-state index contributed by atoms with van der Waals surface area (Å²) in [4.78, 5) is 16.0. The number of nitrogens with zero attached hydrogens (tertiary/aromatic N) is 1. The minimum absolute atomic E-state index is 0.0824. The van der Waals surface area contributed by atoms with Crippen LogP contribution >= 0.6 is 0 Å². The molecule has 0 saturated heterocycles. The van der Waals surface area contributed by atoms with Crippen molar-refractivity contribution in [3.63, 3.8) is 0 Å². The molecule has 0 radical (unpaired) electrons. The highest BCUT2D eigenvalue weighted by Gasteiger charge is 2.11. The molecule has 0 saturated carbocycles. The van der Waals surface area contributed by atoms with E-state index in [0.29, 0.717) is 25.3 Å².